The van der Waals surface area contributed by atoms with Crippen LogP contribution in [0.15, 0.2) is 24.3 Å². The van der Waals surface area contributed by atoms with Crippen molar-refractivity contribution in [2.45, 2.75) is 45.8 Å². The molecule has 0 bridgehead atoms. The summed E-state index contributed by atoms with van der Waals surface area (Å²) < 4.78 is 0. The fourth-order valence-corrected chi connectivity index (χ4v) is 1.65. The fourth-order valence-electron chi connectivity index (χ4n) is 1.65. The summed E-state index contributed by atoms with van der Waals surface area (Å²) in [6, 6.07) is 8.74. The van der Waals surface area contributed by atoms with Gasteiger partial charge in [0.25, 0.3) is 0 Å². The maximum Gasteiger partial charge on any atom is 0.0512 e. The average Bonchev–Trinajstić information content (AvgIpc) is 2.29. The lowest BCUT2D eigenvalue weighted by Gasteiger charge is -2.07. The zero-order valence-electron chi connectivity index (χ0n) is 10.4. The predicted octanol–water partition coefficient (Wildman–Crippen LogP) is 2.50. The van der Waals surface area contributed by atoms with E-state index < -0.39 is 0 Å². The molecule has 2 nitrogen and oxygen atoms in total. The first-order chi connectivity index (χ1) is 7.72. The number of nitrogens with one attached hydrogen (secondary N) is 1. The first-order valence-corrected chi connectivity index (χ1v) is 6.19. The number of hydrogen-bond acceptors (Lipinski definition) is 2. The van der Waals surface area contributed by atoms with Crippen LogP contribution >= 0.6 is 0 Å². The molecule has 0 fully saturated rings. The molecule has 2 heteroatoms. The topological polar surface area (TPSA) is 32.3 Å². The lowest BCUT2D eigenvalue weighted by Crippen LogP contribution is -2.16. The van der Waals surface area contributed by atoms with Gasteiger partial charge in [0.2, 0.25) is 0 Å². The van der Waals surface area contributed by atoms with Crippen LogP contribution in [0.3, 0.4) is 0 Å². The molecule has 2 N–H and O–H groups in total. The molecule has 1 atom stereocenters. The standard InChI is InChI=1S/C14H23NO/c1-3-13-6-8-14(9-7-13)11-15-10-4-5-12(2)16/h6-9,12,15-16H,3-5,10-11H2,1-2H3. The number of hydrogen-bond donors (Lipinski definition) is 2. The minimum atomic E-state index is -0.175. The Morgan fingerprint density at radius 3 is 2.38 bits per heavy atom. The van der Waals surface area contributed by atoms with E-state index >= 15 is 0 Å². The second-order valence-corrected chi connectivity index (χ2v) is 4.34. The monoisotopic (exact) mass is 221 g/mol. The highest BCUT2D eigenvalue weighted by Crippen LogP contribution is 2.04. The van der Waals surface area contributed by atoms with Gasteiger partial charge in [-0.05, 0) is 43.9 Å². The van der Waals surface area contributed by atoms with Crippen molar-refractivity contribution in [3.8, 4) is 0 Å². The van der Waals surface area contributed by atoms with E-state index in [1.54, 1.807) is 0 Å². The van der Waals surface area contributed by atoms with Crippen LogP contribution in [0.5, 0.6) is 0 Å². The minimum absolute atomic E-state index is 0.175. The van der Waals surface area contributed by atoms with Gasteiger partial charge in [-0.2, -0.15) is 0 Å². The van der Waals surface area contributed by atoms with E-state index in [1.807, 2.05) is 6.92 Å². The van der Waals surface area contributed by atoms with Crippen molar-refractivity contribution in [3.05, 3.63) is 35.4 Å². The third kappa shape index (κ3) is 5.29. The third-order valence-electron chi connectivity index (χ3n) is 2.74. The quantitative estimate of drug-likeness (QED) is 0.693. The number of aliphatic hydroxyl groups excluding tert-OH is 1. The largest absolute Gasteiger partial charge is 0.393 e. The third-order valence-corrected chi connectivity index (χ3v) is 2.74. The smallest absolute Gasteiger partial charge is 0.0512 e. The molecule has 0 aromatic heterocycles. The Morgan fingerprint density at radius 1 is 1.19 bits per heavy atom. The number of benzene rings is 1. The molecule has 0 saturated carbocycles. The summed E-state index contributed by atoms with van der Waals surface area (Å²) in [5.41, 5.74) is 2.71. The Bertz CT molecular complexity index is 279. The van der Waals surface area contributed by atoms with Crippen molar-refractivity contribution in [1.29, 1.82) is 0 Å². The SMILES string of the molecule is CCc1ccc(CNCCCC(C)O)cc1. The van der Waals surface area contributed by atoms with Gasteiger partial charge in [-0.25, -0.2) is 0 Å². The Labute approximate surface area is 98.7 Å². The normalized spacial score (nSPS) is 12.7. The van der Waals surface area contributed by atoms with Crippen LogP contribution < -0.4 is 5.32 Å². The Hall–Kier alpha value is -0.860. The fraction of sp³-hybridized carbons (Fsp3) is 0.571. The highest BCUT2D eigenvalue weighted by Gasteiger charge is 1.96. The zero-order chi connectivity index (χ0) is 11.8. The van der Waals surface area contributed by atoms with Crippen LogP contribution in [-0.2, 0) is 13.0 Å². The van der Waals surface area contributed by atoms with Crippen LogP contribution in [0.25, 0.3) is 0 Å². The van der Waals surface area contributed by atoms with E-state index in [9.17, 15) is 0 Å². The molecule has 90 valence electrons. The maximum atomic E-state index is 9.10. The molecule has 0 aliphatic heterocycles. The molecule has 0 radical (unpaired) electrons. The average molecular weight is 221 g/mol. The summed E-state index contributed by atoms with van der Waals surface area (Å²) >= 11 is 0. The molecule has 0 saturated heterocycles. The number of aryl methyl sites for hydroxylation is 1. The van der Waals surface area contributed by atoms with Crippen LogP contribution in [0, 0.1) is 0 Å². The van der Waals surface area contributed by atoms with Gasteiger partial charge in [-0.15, -0.1) is 0 Å². The summed E-state index contributed by atoms with van der Waals surface area (Å²) in [5, 5.41) is 12.5. The molecule has 0 heterocycles. The molecule has 16 heavy (non-hydrogen) atoms. The Kier molecular flexibility index (Phi) is 6.12. The highest BCUT2D eigenvalue weighted by molar-refractivity contribution is 5.22. The van der Waals surface area contributed by atoms with Crippen molar-refractivity contribution < 1.29 is 5.11 Å². The van der Waals surface area contributed by atoms with Gasteiger partial charge in [0, 0.05) is 6.54 Å². The molecule has 0 aliphatic carbocycles. The van der Waals surface area contributed by atoms with E-state index in [0.29, 0.717) is 0 Å². The van der Waals surface area contributed by atoms with Crippen molar-refractivity contribution >= 4 is 0 Å². The van der Waals surface area contributed by atoms with Crippen LogP contribution in [-0.4, -0.2) is 17.8 Å². The molecule has 1 aromatic carbocycles. The van der Waals surface area contributed by atoms with Gasteiger partial charge in [-0.3, -0.25) is 0 Å². The second kappa shape index (κ2) is 7.42. The van der Waals surface area contributed by atoms with Crippen LogP contribution in [0.2, 0.25) is 0 Å². The summed E-state index contributed by atoms with van der Waals surface area (Å²) in [6.07, 6.45) is 2.83. The molecule has 1 unspecified atom stereocenters. The summed E-state index contributed by atoms with van der Waals surface area (Å²) in [5.74, 6) is 0. The van der Waals surface area contributed by atoms with Gasteiger partial charge in [0.05, 0.1) is 6.10 Å². The van der Waals surface area contributed by atoms with Crippen molar-refractivity contribution in [3.63, 3.8) is 0 Å². The second-order valence-electron chi connectivity index (χ2n) is 4.34. The van der Waals surface area contributed by atoms with E-state index in [2.05, 4.69) is 36.5 Å². The summed E-state index contributed by atoms with van der Waals surface area (Å²) in [7, 11) is 0. The highest BCUT2D eigenvalue weighted by atomic mass is 16.3. The summed E-state index contributed by atoms with van der Waals surface area (Å²) in [6.45, 7) is 5.90. The number of aliphatic hydroxyl groups is 1. The van der Waals surface area contributed by atoms with Gasteiger partial charge in [-0.1, -0.05) is 31.2 Å². The Morgan fingerprint density at radius 2 is 1.81 bits per heavy atom. The summed E-state index contributed by atoms with van der Waals surface area (Å²) in [4.78, 5) is 0. The molecule has 0 spiro atoms. The molecule has 1 aromatic rings. The van der Waals surface area contributed by atoms with Gasteiger partial charge in [0.1, 0.15) is 0 Å². The van der Waals surface area contributed by atoms with Crippen molar-refractivity contribution in [1.82, 2.24) is 5.32 Å². The minimum Gasteiger partial charge on any atom is -0.393 e. The lowest BCUT2D eigenvalue weighted by molar-refractivity contribution is 0.181. The van der Waals surface area contributed by atoms with Gasteiger partial charge in [0.15, 0.2) is 0 Å². The van der Waals surface area contributed by atoms with Crippen molar-refractivity contribution in [2.75, 3.05) is 6.54 Å². The van der Waals surface area contributed by atoms with Crippen LogP contribution in [0.4, 0.5) is 0 Å². The van der Waals surface area contributed by atoms with E-state index in [-0.39, 0.29) is 6.10 Å². The number of rotatable bonds is 7. The van der Waals surface area contributed by atoms with Crippen LogP contribution in [0.1, 0.15) is 37.8 Å². The van der Waals surface area contributed by atoms with Gasteiger partial charge >= 0.3 is 0 Å². The van der Waals surface area contributed by atoms with E-state index in [1.165, 1.54) is 11.1 Å². The zero-order valence-corrected chi connectivity index (χ0v) is 10.4. The predicted molar refractivity (Wildman–Crippen MR) is 68.4 cm³/mol. The maximum absolute atomic E-state index is 9.10. The first-order valence-electron chi connectivity index (χ1n) is 6.19. The molecular weight excluding hydrogens is 198 g/mol. The van der Waals surface area contributed by atoms with E-state index in [4.69, 9.17) is 5.11 Å². The molecule has 1 rings (SSSR count). The molecule has 0 amide bonds. The first kappa shape index (κ1) is 13.2. The molecule has 0 aliphatic rings. The molecular formula is C14H23NO. The van der Waals surface area contributed by atoms with E-state index in [0.717, 1.165) is 32.4 Å². The van der Waals surface area contributed by atoms with Crippen molar-refractivity contribution in [2.24, 2.45) is 0 Å². The lowest BCUT2D eigenvalue weighted by atomic mass is 10.1. The Balaban J connectivity index is 2.16. The van der Waals surface area contributed by atoms with Gasteiger partial charge < -0.3 is 10.4 Å².